The molecule has 0 aromatic heterocycles. The van der Waals surface area contributed by atoms with E-state index in [2.05, 4.69) is 27.4 Å². The molecule has 1 aliphatic heterocycles. The van der Waals surface area contributed by atoms with Gasteiger partial charge in [0.2, 0.25) is 5.91 Å². The third-order valence-electron chi connectivity index (χ3n) is 3.66. The summed E-state index contributed by atoms with van der Waals surface area (Å²) in [7, 11) is 0. The number of hydrogen-bond donors (Lipinski definition) is 2. The molecule has 22 heavy (non-hydrogen) atoms. The van der Waals surface area contributed by atoms with Gasteiger partial charge in [0.1, 0.15) is 0 Å². The van der Waals surface area contributed by atoms with Crippen LogP contribution in [0, 0.1) is 0 Å². The number of piperazine rings is 1. The van der Waals surface area contributed by atoms with Crippen LogP contribution < -0.4 is 15.5 Å². The number of rotatable bonds is 3. The molecule has 2 rings (SSSR count). The summed E-state index contributed by atoms with van der Waals surface area (Å²) in [5.41, 5.74) is 1.80. The maximum Gasteiger partial charge on any atom is 0.222 e. The van der Waals surface area contributed by atoms with Crippen LogP contribution in [0.5, 0.6) is 0 Å². The molecule has 1 saturated heterocycles. The predicted molar refractivity (Wildman–Crippen MR) is 95.8 cm³/mol. The van der Waals surface area contributed by atoms with E-state index in [1.807, 2.05) is 18.2 Å². The molecule has 1 heterocycles. The normalized spacial score (nSPS) is 15.5. The van der Waals surface area contributed by atoms with E-state index in [9.17, 15) is 4.79 Å². The lowest BCUT2D eigenvalue weighted by Crippen LogP contribution is -2.46. The summed E-state index contributed by atoms with van der Waals surface area (Å²) in [6.07, 6.45) is 0. The summed E-state index contributed by atoms with van der Waals surface area (Å²) in [4.78, 5) is 15.7. The molecule has 2 N–H and O–H groups in total. The highest BCUT2D eigenvalue weighted by Gasteiger charge is 2.18. The minimum absolute atomic E-state index is 0.200. The lowest BCUT2D eigenvalue weighted by atomic mass is 10.2. The van der Waals surface area contributed by atoms with Crippen molar-refractivity contribution in [1.29, 1.82) is 0 Å². The number of nitrogens with zero attached hydrogens (tertiary/aromatic N) is 2. The Balaban J connectivity index is 2.01. The summed E-state index contributed by atoms with van der Waals surface area (Å²) >= 11 is 11.4. The van der Waals surface area contributed by atoms with E-state index in [0.29, 0.717) is 5.02 Å². The van der Waals surface area contributed by atoms with E-state index in [0.717, 1.165) is 44.1 Å². The fourth-order valence-electron chi connectivity index (χ4n) is 2.47. The molecule has 0 saturated carbocycles. The van der Waals surface area contributed by atoms with Crippen LogP contribution in [-0.4, -0.2) is 48.6 Å². The molecule has 0 radical (unpaired) electrons. The van der Waals surface area contributed by atoms with Crippen LogP contribution in [0.1, 0.15) is 13.8 Å². The summed E-state index contributed by atoms with van der Waals surface area (Å²) in [5, 5.41) is 6.42. The first kappa shape index (κ1) is 17.0. The Morgan fingerprint density at radius 1 is 1.32 bits per heavy atom. The number of carbonyl (C=O) groups excluding carboxylic acids is 1. The molecule has 1 amide bonds. The van der Waals surface area contributed by atoms with E-state index in [4.69, 9.17) is 23.8 Å². The standard InChI is InChI=1S/C15H21ClN4OS/c1-3-19-6-8-20(9-7-19)14-5-4-12(10-13(14)16)18-15(22)17-11(2)21/h4-5,10H,3,6-9H2,1-2H3,(H2,17,18,21,22). The quantitative estimate of drug-likeness (QED) is 0.827. The van der Waals surface area contributed by atoms with Crippen LogP contribution in [0.15, 0.2) is 18.2 Å². The molecular weight excluding hydrogens is 320 g/mol. The Bertz CT molecular complexity index is 558. The van der Waals surface area contributed by atoms with Crippen molar-refractivity contribution in [3.05, 3.63) is 23.2 Å². The summed E-state index contributed by atoms with van der Waals surface area (Å²) in [5.74, 6) is -0.200. The summed E-state index contributed by atoms with van der Waals surface area (Å²) in [6.45, 7) is 8.75. The SMILES string of the molecule is CCN1CCN(c2ccc(NC(=S)NC(C)=O)cc2Cl)CC1. The number of hydrogen-bond acceptors (Lipinski definition) is 4. The third-order valence-corrected chi connectivity index (χ3v) is 4.16. The highest BCUT2D eigenvalue weighted by Crippen LogP contribution is 2.29. The first-order valence-corrected chi connectivity index (χ1v) is 8.13. The molecule has 1 aromatic carbocycles. The van der Waals surface area contributed by atoms with E-state index in [-0.39, 0.29) is 11.0 Å². The van der Waals surface area contributed by atoms with Crippen molar-refractivity contribution in [1.82, 2.24) is 10.2 Å². The fourth-order valence-corrected chi connectivity index (χ4v) is 3.03. The van der Waals surface area contributed by atoms with Crippen LogP contribution >= 0.6 is 23.8 Å². The monoisotopic (exact) mass is 340 g/mol. The Morgan fingerprint density at radius 2 is 2.00 bits per heavy atom. The van der Waals surface area contributed by atoms with Gasteiger partial charge in [0, 0.05) is 38.8 Å². The number of benzene rings is 1. The zero-order chi connectivity index (χ0) is 16.1. The number of nitrogens with one attached hydrogen (secondary N) is 2. The minimum Gasteiger partial charge on any atom is -0.368 e. The van der Waals surface area contributed by atoms with Gasteiger partial charge in [0.05, 0.1) is 10.7 Å². The molecule has 0 unspecified atom stereocenters. The highest BCUT2D eigenvalue weighted by molar-refractivity contribution is 7.80. The second-order valence-electron chi connectivity index (χ2n) is 5.22. The van der Waals surface area contributed by atoms with Crippen molar-refractivity contribution in [2.45, 2.75) is 13.8 Å². The van der Waals surface area contributed by atoms with Gasteiger partial charge < -0.3 is 20.4 Å². The van der Waals surface area contributed by atoms with Gasteiger partial charge in [-0.15, -0.1) is 0 Å². The van der Waals surface area contributed by atoms with E-state index < -0.39 is 0 Å². The highest BCUT2D eigenvalue weighted by atomic mass is 35.5. The number of amides is 1. The minimum atomic E-state index is -0.200. The average Bonchev–Trinajstić information content (AvgIpc) is 2.46. The molecule has 0 atom stereocenters. The first-order valence-electron chi connectivity index (χ1n) is 7.35. The van der Waals surface area contributed by atoms with E-state index >= 15 is 0 Å². The van der Waals surface area contributed by atoms with Gasteiger partial charge in [0.25, 0.3) is 0 Å². The Morgan fingerprint density at radius 3 is 2.55 bits per heavy atom. The maximum atomic E-state index is 10.9. The summed E-state index contributed by atoms with van der Waals surface area (Å²) < 4.78 is 0. The van der Waals surface area contributed by atoms with Crippen LogP contribution in [-0.2, 0) is 4.79 Å². The van der Waals surface area contributed by atoms with Crippen LogP contribution in [0.3, 0.4) is 0 Å². The molecular formula is C15H21ClN4OS. The predicted octanol–water partition coefficient (Wildman–Crippen LogP) is 2.31. The third kappa shape index (κ3) is 4.56. The van der Waals surface area contributed by atoms with Gasteiger partial charge in [-0.3, -0.25) is 4.79 Å². The molecule has 0 aliphatic carbocycles. The summed E-state index contributed by atoms with van der Waals surface area (Å²) in [6, 6.07) is 5.74. The van der Waals surface area contributed by atoms with Gasteiger partial charge in [-0.2, -0.15) is 0 Å². The smallest absolute Gasteiger partial charge is 0.222 e. The second kappa shape index (κ2) is 7.76. The molecule has 5 nitrogen and oxygen atoms in total. The molecule has 1 fully saturated rings. The van der Waals surface area contributed by atoms with Crippen LogP contribution in [0.2, 0.25) is 5.02 Å². The maximum absolute atomic E-state index is 10.9. The lowest BCUT2D eigenvalue weighted by molar-refractivity contribution is -0.117. The molecule has 7 heteroatoms. The fraction of sp³-hybridized carbons (Fsp3) is 0.467. The van der Waals surface area contributed by atoms with Crippen LogP contribution in [0.25, 0.3) is 0 Å². The van der Waals surface area contributed by atoms with Crippen molar-refractivity contribution in [3.8, 4) is 0 Å². The van der Waals surface area contributed by atoms with Gasteiger partial charge in [-0.25, -0.2) is 0 Å². The molecule has 1 aliphatic rings. The molecule has 120 valence electrons. The van der Waals surface area contributed by atoms with E-state index in [1.54, 1.807) is 0 Å². The van der Waals surface area contributed by atoms with Crippen LogP contribution in [0.4, 0.5) is 11.4 Å². The van der Waals surface area contributed by atoms with Crippen molar-refractivity contribution in [3.63, 3.8) is 0 Å². The van der Waals surface area contributed by atoms with Crippen molar-refractivity contribution in [2.24, 2.45) is 0 Å². The number of thiocarbonyl (C=S) groups is 1. The van der Waals surface area contributed by atoms with Gasteiger partial charge >= 0.3 is 0 Å². The Labute approximate surface area is 141 Å². The lowest BCUT2D eigenvalue weighted by Gasteiger charge is -2.36. The van der Waals surface area contributed by atoms with Gasteiger partial charge in [-0.1, -0.05) is 18.5 Å². The van der Waals surface area contributed by atoms with Crippen molar-refractivity contribution >= 4 is 46.2 Å². The molecule has 0 bridgehead atoms. The molecule has 0 spiro atoms. The Hall–Kier alpha value is -1.37. The Kier molecular flexibility index (Phi) is 5.99. The average molecular weight is 341 g/mol. The zero-order valence-electron chi connectivity index (χ0n) is 12.9. The first-order chi connectivity index (χ1) is 10.5. The molecule has 1 aromatic rings. The van der Waals surface area contributed by atoms with Gasteiger partial charge in [-0.05, 0) is 37.0 Å². The van der Waals surface area contributed by atoms with Crippen molar-refractivity contribution in [2.75, 3.05) is 42.9 Å². The zero-order valence-corrected chi connectivity index (χ0v) is 14.4. The second-order valence-corrected chi connectivity index (χ2v) is 6.04. The topological polar surface area (TPSA) is 47.6 Å². The van der Waals surface area contributed by atoms with E-state index in [1.165, 1.54) is 6.92 Å². The number of carbonyl (C=O) groups is 1. The largest absolute Gasteiger partial charge is 0.368 e. The van der Waals surface area contributed by atoms with Gasteiger partial charge in [0.15, 0.2) is 5.11 Å². The van der Waals surface area contributed by atoms with Crippen molar-refractivity contribution < 1.29 is 4.79 Å². The number of halogens is 1. The number of anilines is 2. The number of likely N-dealkylation sites (N-methyl/N-ethyl adjacent to an activating group) is 1.